The lowest BCUT2D eigenvalue weighted by Gasteiger charge is -2.51. The molecule has 3 aromatic rings. The number of anilines is 1. The summed E-state index contributed by atoms with van der Waals surface area (Å²) in [6, 6.07) is 17.9. The van der Waals surface area contributed by atoms with Gasteiger partial charge < -0.3 is 4.52 Å². The first kappa shape index (κ1) is 16.2. The summed E-state index contributed by atoms with van der Waals surface area (Å²) in [4.78, 5) is 28.3. The zero-order chi connectivity index (χ0) is 19.2. The molecule has 2 heterocycles. The number of alkyl halides is 1. The van der Waals surface area contributed by atoms with Crippen LogP contribution in [0.1, 0.15) is 33.9 Å². The Morgan fingerprint density at radius 3 is 2.18 bits per heavy atom. The topological polar surface area (TPSA) is 63.4 Å². The molecule has 5 nitrogen and oxygen atoms in total. The number of aryl methyl sites for hydroxylation is 1. The second-order valence-corrected chi connectivity index (χ2v) is 8.93. The van der Waals surface area contributed by atoms with E-state index in [1.807, 2.05) is 24.3 Å². The van der Waals surface area contributed by atoms with E-state index in [1.165, 1.54) is 4.90 Å². The number of hydrogen-bond donors (Lipinski definition) is 0. The summed E-state index contributed by atoms with van der Waals surface area (Å²) < 4.78 is 4.40. The summed E-state index contributed by atoms with van der Waals surface area (Å²) in [7, 11) is 0. The molecule has 2 amide bonds. The predicted octanol–water partition coefficient (Wildman–Crippen LogP) is 3.89. The minimum atomic E-state index is -0.736. The third-order valence-corrected chi connectivity index (χ3v) is 7.71. The van der Waals surface area contributed by atoms with Gasteiger partial charge in [0.2, 0.25) is 11.8 Å². The third kappa shape index (κ3) is 1.71. The molecule has 0 spiro atoms. The first-order valence-electron chi connectivity index (χ1n) is 9.22. The number of halogens is 1. The summed E-state index contributed by atoms with van der Waals surface area (Å²) in [6.07, 6.45) is 0. The molecular weight excluding hydrogens is 420 g/mol. The van der Waals surface area contributed by atoms with Crippen LogP contribution in [0.5, 0.6) is 0 Å². The molecule has 1 saturated heterocycles. The van der Waals surface area contributed by atoms with Gasteiger partial charge in [-0.25, -0.2) is 4.90 Å². The Balaban J connectivity index is 1.64. The van der Waals surface area contributed by atoms with Crippen LogP contribution in [-0.4, -0.2) is 17.0 Å². The van der Waals surface area contributed by atoms with Crippen molar-refractivity contribution >= 4 is 33.6 Å². The highest BCUT2D eigenvalue weighted by Gasteiger charge is 2.67. The molecule has 0 radical (unpaired) electrons. The zero-order valence-electron chi connectivity index (χ0n) is 14.9. The predicted molar refractivity (Wildman–Crippen MR) is 105 cm³/mol. The maximum Gasteiger partial charge on any atom is 0.241 e. The molecule has 3 aliphatic carbocycles. The van der Waals surface area contributed by atoms with Crippen molar-refractivity contribution in [1.82, 2.24) is 5.16 Å². The van der Waals surface area contributed by atoms with Crippen molar-refractivity contribution in [2.24, 2.45) is 11.8 Å². The van der Waals surface area contributed by atoms with E-state index in [0.717, 1.165) is 22.3 Å². The van der Waals surface area contributed by atoms with E-state index in [4.69, 9.17) is 4.52 Å². The Morgan fingerprint density at radius 2 is 1.61 bits per heavy atom. The van der Waals surface area contributed by atoms with Gasteiger partial charge in [0.15, 0.2) is 5.82 Å². The SMILES string of the molecule is Cc1cc(N2C(=O)[C@@H]3C4c5ccccc5C(Br)(c5ccccc54)[C@@H]3C2=O)no1. The lowest BCUT2D eigenvalue weighted by atomic mass is 9.55. The fourth-order valence-electron chi connectivity index (χ4n) is 5.36. The van der Waals surface area contributed by atoms with Crippen LogP contribution in [0, 0.1) is 18.8 Å². The Kier molecular flexibility index (Phi) is 3.02. The van der Waals surface area contributed by atoms with Crippen molar-refractivity contribution < 1.29 is 14.1 Å². The molecule has 2 aromatic carbocycles. The average Bonchev–Trinajstić information content (AvgIpc) is 3.24. The van der Waals surface area contributed by atoms with Gasteiger partial charge in [-0.1, -0.05) is 69.6 Å². The van der Waals surface area contributed by atoms with Gasteiger partial charge in [-0.05, 0) is 29.2 Å². The molecule has 0 saturated carbocycles. The van der Waals surface area contributed by atoms with Crippen molar-refractivity contribution in [3.63, 3.8) is 0 Å². The molecule has 1 aliphatic heterocycles. The molecule has 2 atom stereocenters. The Labute approximate surface area is 169 Å². The summed E-state index contributed by atoms with van der Waals surface area (Å²) in [5.41, 5.74) is 4.36. The Bertz CT molecular complexity index is 1140. The number of carbonyl (C=O) groups is 2. The van der Waals surface area contributed by atoms with Gasteiger partial charge in [0.1, 0.15) is 5.76 Å². The first-order chi connectivity index (χ1) is 13.5. The van der Waals surface area contributed by atoms with Gasteiger partial charge in [0, 0.05) is 12.0 Å². The van der Waals surface area contributed by atoms with Crippen molar-refractivity contribution in [1.29, 1.82) is 0 Å². The molecular formula is C22H15BrN2O3. The lowest BCUT2D eigenvalue weighted by Crippen LogP contribution is -2.50. The third-order valence-electron chi connectivity index (χ3n) is 6.36. The van der Waals surface area contributed by atoms with Crippen molar-refractivity contribution in [3.05, 3.63) is 82.6 Å². The van der Waals surface area contributed by atoms with Crippen LogP contribution < -0.4 is 4.90 Å². The highest BCUT2D eigenvalue weighted by molar-refractivity contribution is 9.09. The minimum absolute atomic E-state index is 0.147. The second kappa shape index (κ2) is 5.20. The Morgan fingerprint density at radius 1 is 1.00 bits per heavy atom. The summed E-state index contributed by atoms with van der Waals surface area (Å²) >= 11 is 3.97. The summed E-state index contributed by atoms with van der Waals surface area (Å²) in [5, 5.41) is 3.94. The molecule has 0 unspecified atom stereocenters. The maximum atomic E-state index is 13.6. The van der Waals surface area contributed by atoms with Crippen LogP contribution in [0.4, 0.5) is 5.82 Å². The largest absolute Gasteiger partial charge is 0.360 e. The molecule has 138 valence electrons. The molecule has 2 bridgehead atoms. The number of hydrogen-bond acceptors (Lipinski definition) is 4. The van der Waals surface area contributed by atoms with Gasteiger partial charge in [-0.15, -0.1) is 0 Å². The lowest BCUT2D eigenvalue weighted by molar-refractivity contribution is -0.122. The van der Waals surface area contributed by atoms with E-state index in [9.17, 15) is 9.59 Å². The van der Waals surface area contributed by atoms with Crippen LogP contribution in [0.15, 0.2) is 59.1 Å². The van der Waals surface area contributed by atoms with E-state index in [1.54, 1.807) is 13.0 Å². The molecule has 0 N–H and O–H groups in total. The van der Waals surface area contributed by atoms with E-state index < -0.39 is 16.2 Å². The monoisotopic (exact) mass is 434 g/mol. The molecule has 6 heteroatoms. The fourth-order valence-corrected chi connectivity index (χ4v) is 6.57. The smallest absolute Gasteiger partial charge is 0.241 e. The van der Waals surface area contributed by atoms with E-state index in [2.05, 4.69) is 45.4 Å². The van der Waals surface area contributed by atoms with Crippen LogP contribution in [0.25, 0.3) is 0 Å². The number of imide groups is 1. The van der Waals surface area contributed by atoms with Gasteiger partial charge in [-0.2, -0.15) is 0 Å². The van der Waals surface area contributed by atoms with Gasteiger partial charge in [0.05, 0.1) is 16.2 Å². The number of benzene rings is 2. The van der Waals surface area contributed by atoms with Crippen molar-refractivity contribution in [3.8, 4) is 0 Å². The van der Waals surface area contributed by atoms with Crippen LogP contribution >= 0.6 is 15.9 Å². The van der Waals surface area contributed by atoms with E-state index in [0.29, 0.717) is 5.76 Å². The van der Waals surface area contributed by atoms with Crippen LogP contribution in [0.3, 0.4) is 0 Å². The molecule has 4 aliphatic rings. The molecule has 1 fully saturated rings. The number of carbonyl (C=O) groups excluding carboxylic acids is 2. The maximum absolute atomic E-state index is 13.6. The van der Waals surface area contributed by atoms with Crippen molar-refractivity contribution in [2.45, 2.75) is 17.2 Å². The first-order valence-corrected chi connectivity index (χ1v) is 10.0. The van der Waals surface area contributed by atoms with Gasteiger partial charge in [-0.3, -0.25) is 9.59 Å². The zero-order valence-corrected chi connectivity index (χ0v) is 16.5. The normalized spacial score (nSPS) is 29.6. The van der Waals surface area contributed by atoms with Crippen molar-refractivity contribution in [2.75, 3.05) is 4.90 Å². The number of rotatable bonds is 1. The highest BCUT2D eigenvalue weighted by Crippen LogP contribution is 2.66. The number of amides is 2. The number of nitrogens with zero attached hydrogens (tertiary/aromatic N) is 2. The molecule has 1 aromatic heterocycles. The summed E-state index contributed by atoms with van der Waals surface area (Å²) in [6.45, 7) is 1.75. The van der Waals surface area contributed by atoms with E-state index in [-0.39, 0.29) is 23.6 Å². The fraction of sp³-hybridized carbons (Fsp3) is 0.227. The van der Waals surface area contributed by atoms with Crippen LogP contribution in [-0.2, 0) is 13.9 Å². The molecule has 28 heavy (non-hydrogen) atoms. The Hall–Kier alpha value is -2.73. The molecule has 7 rings (SSSR count). The van der Waals surface area contributed by atoms with E-state index >= 15 is 0 Å². The average molecular weight is 435 g/mol. The number of aromatic nitrogens is 1. The summed E-state index contributed by atoms with van der Waals surface area (Å²) in [5.74, 6) is -0.735. The van der Waals surface area contributed by atoms with Crippen LogP contribution in [0.2, 0.25) is 0 Å². The quantitative estimate of drug-likeness (QED) is 0.430. The second-order valence-electron chi connectivity index (χ2n) is 7.68. The van der Waals surface area contributed by atoms with Gasteiger partial charge in [0.25, 0.3) is 0 Å². The van der Waals surface area contributed by atoms with Gasteiger partial charge >= 0.3 is 0 Å². The highest BCUT2D eigenvalue weighted by atomic mass is 79.9. The standard InChI is InChI=1S/C22H15BrN2O3/c1-11-10-16(24-28-11)25-20(26)18-17-12-6-2-4-8-14(12)22(23,19(18)21(25)27)15-9-5-3-7-13(15)17/h2-10,17-19H,1H3/t17?,18-,19+,22?/m1/s1. The minimum Gasteiger partial charge on any atom is -0.360 e.